The lowest BCUT2D eigenvalue weighted by Crippen LogP contribution is -2.45. The van der Waals surface area contributed by atoms with Gasteiger partial charge in [-0.25, -0.2) is 12.7 Å². The van der Waals surface area contributed by atoms with Gasteiger partial charge in [0.2, 0.25) is 0 Å². The molecule has 1 aromatic carbocycles. The first-order valence-electron chi connectivity index (χ1n) is 6.57. The molecule has 1 heterocycles. The molecule has 0 atom stereocenters. The van der Waals surface area contributed by atoms with Crippen LogP contribution >= 0.6 is 0 Å². The average Bonchev–Trinajstić information content (AvgIpc) is 2.60. The summed E-state index contributed by atoms with van der Waals surface area (Å²) in [5, 5.41) is 0. The van der Waals surface area contributed by atoms with Crippen molar-refractivity contribution in [1.29, 1.82) is 0 Å². The third kappa shape index (κ3) is 2.87. The molecule has 2 rings (SSSR count). The molecule has 0 radical (unpaired) electrons. The molecule has 0 saturated carbocycles. The molecule has 0 N–H and O–H groups in total. The van der Waals surface area contributed by atoms with Crippen molar-refractivity contribution in [3.63, 3.8) is 0 Å². The van der Waals surface area contributed by atoms with Crippen molar-refractivity contribution < 1.29 is 17.9 Å². The van der Waals surface area contributed by atoms with Crippen LogP contribution < -0.4 is 0 Å². The molecular formula is C15H19NO4S. The summed E-state index contributed by atoms with van der Waals surface area (Å²) in [5.74, 6) is -0.501. The molecule has 0 aliphatic carbocycles. The van der Waals surface area contributed by atoms with Gasteiger partial charge in [-0.2, -0.15) is 0 Å². The van der Waals surface area contributed by atoms with Gasteiger partial charge in [0.05, 0.1) is 12.1 Å². The molecule has 0 bridgehead atoms. The van der Waals surface area contributed by atoms with E-state index in [0.717, 1.165) is 9.87 Å². The first-order valence-corrected chi connectivity index (χ1v) is 8.01. The molecule has 1 aliphatic heterocycles. The summed E-state index contributed by atoms with van der Waals surface area (Å²) in [4.78, 5) is 12.1. The largest absolute Gasteiger partial charge is 0.380 e. The van der Waals surface area contributed by atoms with E-state index in [0.29, 0.717) is 12.2 Å². The average molecular weight is 309 g/mol. The normalized spacial score (nSPS) is 18.0. The molecule has 1 aromatic rings. The lowest BCUT2D eigenvalue weighted by molar-refractivity contribution is -0.123. The SMILES string of the molecule is COCc1ccc(C2=CC(=O)N(C(C)(C)C)S2(=O)=O)cc1. The summed E-state index contributed by atoms with van der Waals surface area (Å²) in [7, 11) is -2.20. The van der Waals surface area contributed by atoms with Gasteiger partial charge in [0.1, 0.15) is 4.91 Å². The number of nitrogens with zero attached hydrogens (tertiary/aromatic N) is 1. The third-order valence-corrected chi connectivity index (χ3v) is 5.25. The summed E-state index contributed by atoms with van der Waals surface area (Å²) < 4.78 is 31.1. The fourth-order valence-electron chi connectivity index (χ4n) is 2.32. The number of hydrogen-bond donors (Lipinski definition) is 0. The fourth-order valence-corrected chi connectivity index (χ4v) is 4.21. The van der Waals surface area contributed by atoms with E-state index in [2.05, 4.69) is 0 Å². The Morgan fingerprint density at radius 3 is 2.14 bits per heavy atom. The van der Waals surface area contributed by atoms with Gasteiger partial charge in [0.25, 0.3) is 15.9 Å². The first-order chi connectivity index (χ1) is 9.67. The van der Waals surface area contributed by atoms with Crippen LogP contribution in [0.15, 0.2) is 30.3 Å². The van der Waals surface area contributed by atoms with Gasteiger partial charge in [-0.15, -0.1) is 0 Å². The van der Waals surface area contributed by atoms with Crippen LogP contribution in [0.4, 0.5) is 0 Å². The van der Waals surface area contributed by atoms with Crippen LogP contribution in [0.25, 0.3) is 4.91 Å². The zero-order valence-electron chi connectivity index (χ0n) is 12.6. The number of carbonyl (C=O) groups excluding carboxylic acids is 1. The Morgan fingerprint density at radius 2 is 1.71 bits per heavy atom. The minimum absolute atomic E-state index is 0.0476. The van der Waals surface area contributed by atoms with Gasteiger partial charge in [0, 0.05) is 13.2 Å². The Labute approximate surface area is 125 Å². The van der Waals surface area contributed by atoms with Gasteiger partial charge in [-0.3, -0.25) is 4.79 Å². The zero-order valence-corrected chi connectivity index (χ0v) is 13.4. The molecule has 6 heteroatoms. The maximum absolute atomic E-state index is 12.6. The van der Waals surface area contributed by atoms with Crippen molar-refractivity contribution in [2.24, 2.45) is 0 Å². The lowest BCUT2D eigenvalue weighted by Gasteiger charge is -2.30. The van der Waals surface area contributed by atoms with Crippen LogP contribution in [0.1, 0.15) is 31.9 Å². The Balaban J connectivity index is 2.41. The van der Waals surface area contributed by atoms with E-state index in [1.807, 2.05) is 0 Å². The maximum Gasteiger partial charge on any atom is 0.268 e. The third-order valence-electron chi connectivity index (χ3n) is 3.13. The van der Waals surface area contributed by atoms with E-state index < -0.39 is 21.5 Å². The quantitative estimate of drug-likeness (QED) is 0.858. The number of rotatable bonds is 3. The highest BCUT2D eigenvalue weighted by molar-refractivity contribution is 7.99. The number of sulfonamides is 1. The van der Waals surface area contributed by atoms with E-state index in [4.69, 9.17) is 4.74 Å². The molecular weight excluding hydrogens is 290 g/mol. The molecule has 114 valence electrons. The van der Waals surface area contributed by atoms with Crippen molar-refractivity contribution >= 4 is 20.8 Å². The van der Waals surface area contributed by atoms with Crippen molar-refractivity contribution in [3.05, 3.63) is 41.5 Å². The second kappa shape index (κ2) is 5.27. The maximum atomic E-state index is 12.6. The summed E-state index contributed by atoms with van der Waals surface area (Å²) in [6.45, 7) is 5.54. The lowest BCUT2D eigenvalue weighted by atomic mass is 10.1. The molecule has 1 amide bonds. The van der Waals surface area contributed by atoms with Crippen molar-refractivity contribution in [3.8, 4) is 0 Å². The van der Waals surface area contributed by atoms with E-state index >= 15 is 0 Å². The van der Waals surface area contributed by atoms with Crippen molar-refractivity contribution in [2.45, 2.75) is 32.9 Å². The molecule has 1 aliphatic rings. The molecule has 0 saturated heterocycles. The number of ether oxygens (including phenoxy) is 1. The van der Waals surface area contributed by atoms with Crippen LogP contribution in [-0.2, 0) is 26.2 Å². The van der Waals surface area contributed by atoms with Crippen molar-refractivity contribution in [2.75, 3.05) is 7.11 Å². The molecule has 0 unspecified atom stereocenters. The minimum Gasteiger partial charge on any atom is -0.380 e. The van der Waals surface area contributed by atoms with E-state index in [9.17, 15) is 13.2 Å². The highest BCUT2D eigenvalue weighted by Gasteiger charge is 2.44. The summed E-state index contributed by atoms with van der Waals surface area (Å²) >= 11 is 0. The Hall–Kier alpha value is -1.66. The molecule has 0 aromatic heterocycles. The van der Waals surface area contributed by atoms with E-state index in [1.165, 1.54) is 6.08 Å². The summed E-state index contributed by atoms with van der Waals surface area (Å²) in [6.07, 6.45) is 1.19. The predicted molar refractivity (Wildman–Crippen MR) is 80.7 cm³/mol. The Kier molecular flexibility index (Phi) is 3.95. The molecule has 5 nitrogen and oxygen atoms in total. The molecule has 0 spiro atoms. The Morgan fingerprint density at radius 1 is 1.14 bits per heavy atom. The number of benzene rings is 1. The van der Waals surface area contributed by atoms with Gasteiger partial charge < -0.3 is 4.74 Å². The fraction of sp³-hybridized carbons (Fsp3) is 0.400. The number of amides is 1. The highest BCUT2D eigenvalue weighted by Crippen LogP contribution is 2.35. The second-order valence-corrected chi connectivity index (χ2v) is 7.67. The summed E-state index contributed by atoms with van der Waals surface area (Å²) in [5.41, 5.74) is 0.663. The van der Waals surface area contributed by atoms with E-state index in [1.54, 1.807) is 52.1 Å². The monoisotopic (exact) mass is 309 g/mol. The zero-order chi connectivity index (χ0) is 15.8. The number of carbonyl (C=O) groups is 1. The summed E-state index contributed by atoms with van der Waals surface area (Å²) in [6, 6.07) is 6.97. The van der Waals surface area contributed by atoms with Crippen LogP contribution in [-0.4, -0.2) is 31.3 Å². The van der Waals surface area contributed by atoms with Gasteiger partial charge in [-0.05, 0) is 31.9 Å². The number of hydrogen-bond acceptors (Lipinski definition) is 4. The molecule has 21 heavy (non-hydrogen) atoms. The van der Waals surface area contributed by atoms with Gasteiger partial charge in [0.15, 0.2) is 0 Å². The van der Waals surface area contributed by atoms with E-state index in [-0.39, 0.29) is 4.91 Å². The topological polar surface area (TPSA) is 63.7 Å². The first kappa shape index (κ1) is 15.7. The highest BCUT2D eigenvalue weighted by atomic mass is 32.2. The van der Waals surface area contributed by atoms with Crippen LogP contribution in [0.5, 0.6) is 0 Å². The Bertz CT molecular complexity index is 681. The second-order valence-electron chi connectivity index (χ2n) is 5.92. The van der Waals surface area contributed by atoms with Crippen LogP contribution in [0.3, 0.4) is 0 Å². The smallest absolute Gasteiger partial charge is 0.268 e. The van der Waals surface area contributed by atoms with Crippen LogP contribution in [0.2, 0.25) is 0 Å². The standard InChI is InChI=1S/C15H19NO4S/c1-15(2,3)16-14(17)9-13(21(16,18)19)12-7-5-11(6-8-12)10-20-4/h5-9H,10H2,1-4H3. The van der Waals surface area contributed by atoms with Gasteiger partial charge >= 0.3 is 0 Å². The molecule has 0 fully saturated rings. The van der Waals surface area contributed by atoms with Crippen LogP contribution in [0, 0.1) is 0 Å². The van der Waals surface area contributed by atoms with Crippen molar-refractivity contribution in [1.82, 2.24) is 4.31 Å². The van der Waals surface area contributed by atoms with Gasteiger partial charge in [-0.1, -0.05) is 24.3 Å². The predicted octanol–water partition coefficient (Wildman–Crippen LogP) is 2.14. The number of methoxy groups -OCH3 is 1. The minimum atomic E-state index is -3.80.